The molecule has 0 saturated heterocycles. The predicted octanol–water partition coefficient (Wildman–Crippen LogP) is 3.37. The van der Waals surface area contributed by atoms with Crippen LogP contribution in [0.15, 0.2) is 51.4 Å². The van der Waals surface area contributed by atoms with Crippen molar-refractivity contribution >= 4 is 39.4 Å². The molecule has 3 rings (SSSR count). The van der Waals surface area contributed by atoms with Crippen molar-refractivity contribution in [3.05, 3.63) is 57.5 Å². The van der Waals surface area contributed by atoms with Gasteiger partial charge in [-0.15, -0.1) is 11.3 Å². The van der Waals surface area contributed by atoms with Crippen molar-refractivity contribution in [1.82, 2.24) is 15.6 Å². The zero-order valence-corrected chi connectivity index (χ0v) is 14.1. The maximum Gasteiger partial charge on any atom is 0.291 e. The number of amides is 1. The van der Waals surface area contributed by atoms with Crippen LogP contribution in [0.25, 0.3) is 10.6 Å². The van der Waals surface area contributed by atoms with Gasteiger partial charge < -0.3 is 5.11 Å². The van der Waals surface area contributed by atoms with Crippen molar-refractivity contribution in [2.45, 2.75) is 0 Å². The maximum atomic E-state index is 12.0. The molecule has 1 amide bonds. The highest BCUT2D eigenvalue weighted by molar-refractivity contribution is 9.10. The molecule has 0 spiro atoms. The van der Waals surface area contributed by atoms with E-state index in [0.29, 0.717) is 5.56 Å². The van der Waals surface area contributed by atoms with Crippen LogP contribution in [-0.4, -0.2) is 27.4 Å². The molecule has 2 heterocycles. The number of hydrogen-bond donors (Lipinski definition) is 3. The SMILES string of the molecule is O=C(N/N=C\c1cc(Br)ccc1O)c1cc(-c2cccs2)[nH]n1. The van der Waals surface area contributed by atoms with E-state index in [2.05, 4.69) is 36.7 Å². The lowest BCUT2D eigenvalue weighted by molar-refractivity contribution is 0.0950. The van der Waals surface area contributed by atoms with Crippen LogP contribution in [0, 0.1) is 0 Å². The van der Waals surface area contributed by atoms with Crippen molar-refractivity contribution in [3.63, 3.8) is 0 Å². The first-order valence-electron chi connectivity index (χ1n) is 6.54. The quantitative estimate of drug-likeness (QED) is 0.471. The number of aromatic nitrogens is 2. The van der Waals surface area contributed by atoms with E-state index in [4.69, 9.17) is 0 Å². The summed E-state index contributed by atoms with van der Waals surface area (Å²) in [5.74, 6) is -0.360. The van der Waals surface area contributed by atoms with Crippen molar-refractivity contribution in [1.29, 1.82) is 0 Å². The smallest absolute Gasteiger partial charge is 0.291 e. The van der Waals surface area contributed by atoms with E-state index < -0.39 is 5.91 Å². The summed E-state index contributed by atoms with van der Waals surface area (Å²) < 4.78 is 0.802. The fourth-order valence-electron chi connectivity index (χ4n) is 1.84. The number of nitrogens with zero attached hydrogens (tertiary/aromatic N) is 2. The molecule has 6 nitrogen and oxygen atoms in total. The Labute approximate surface area is 144 Å². The molecule has 116 valence electrons. The molecule has 0 radical (unpaired) electrons. The van der Waals surface area contributed by atoms with Crippen molar-refractivity contribution in [2.24, 2.45) is 5.10 Å². The predicted molar refractivity (Wildman–Crippen MR) is 92.8 cm³/mol. The third-order valence-electron chi connectivity index (χ3n) is 2.96. The third-order valence-corrected chi connectivity index (χ3v) is 4.35. The Balaban J connectivity index is 1.68. The number of phenolic OH excluding ortho intramolecular Hbond substituents is 1. The van der Waals surface area contributed by atoms with Gasteiger partial charge in [0.05, 0.1) is 16.8 Å². The molecule has 1 aromatic carbocycles. The van der Waals surface area contributed by atoms with Gasteiger partial charge in [-0.05, 0) is 35.7 Å². The van der Waals surface area contributed by atoms with Gasteiger partial charge in [-0.1, -0.05) is 22.0 Å². The first-order chi connectivity index (χ1) is 11.1. The number of aromatic hydroxyl groups is 1. The van der Waals surface area contributed by atoms with Crippen LogP contribution in [0.4, 0.5) is 0 Å². The van der Waals surface area contributed by atoms with E-state index in [0.717, 1.165) is 15.0 Å². The Morgan fingerprint density at radius 3 is 3.04 bits per heavy atom. The van der Waals surface area contributed by atoms with E-state index in [-0.39, 0.29) is 11.4 Å². The van der Waals surface area contributed by atoms with Crippen molar-refractivity contribution < 1.29 is 9.90 Å². The summed E-state index contributed by atoms with van der Waals surface area (Å²) >= 11 is 4.86. The highest BCUT2D eigenvalue weighted by atomic mass is 79.9. The van der Waals surface area contributed by atoms with Crippen LogP contribution in [0.2, 0.25) is 0 Å². The Morgan fingerprint density at radius 1 is 1.39 bits per heavy atom. The summed E-state index contributed by atoms with van der Waals surface area (Å²) in [5, 5.41) is 22.3. The minimum atomic E-state index is -0.435. The molecule has 0 atom stereocenters. The Morgan fingerprint density at radius 2 is 2.26 bits per heavy atom. The molecule has 2 aromatic heterocycles. The molecule has 0 unspecified atom stereocenters. The average Bonchev–Trinajstić information content (AvgIpc) is 3.20. The Kier molecular flexibility index (Phi) is 4.54. The fraction of sp³-hybridized carbons (Fsp3) is 0. The number of carbonyl (C=O) groups excluding carboxylic acids is 1. The molecule has 0 fully saturated rings. The van der Waals surface area contributed by atoms with Crippen LogP contribution in [-0.2, 0) is 0 Å². The number of benzene rings is 1. The molecule has 0 aliphatic rings. The number of hydrogen-bond acceptors (Lipinski definition) is 5. The van der Waals surface area contributed by atoms with Gasteiger partial charge >= 0.3 is 0 Å². The first kappa shape index (κ1) is 15.4. The number of aromatic amines is 1. The second-order valence-electron chi connectivity index (χ2n) is 4.55. The van der Waals surface area contributed by atoms with Gasteiger partial charge in [-0.2, -0.15) is 10.2 Å². The topological polar surface area (TPSA) is 90.4 Å². The number of nitrogens with one attached hydrogen (secondary N) is 2. The van der Waals surface area contributed by atoms with Crippen molar-refractivity contribution in [2.75, 3.05) is 0 Å². The average molecular weight is 391 g/mol. The van der Waals surface area contributed by atoms with Gasteiger partial charge in [0, 0.05) is 10.0 Å². The van der Waals surface area contributed by atoms with Crippen LogP contribution in [0.3, 0.4) is 0 Å². The largest absolute Gasteiger partial charge is 0.507 e. The van der Waals surface area contributed by atoms with E-state index in [1.165, 1.54) is 12.3 Å². The Hall–Kier alpha value is -2.45. The fourth-order valence-corrected chi connectivity index (χ4v) is 2.91. The first-order valence-corrected chi connectivity index (χ1v) is 8.22. The highest BCUT2D eigenvalue weighted by Crippen LogP contribution is 2.23. The van der Waals surface area contributed by atoms with Gasteiger partial charge in [0.15, 0.2) is 5.69 Å². The van der Waals surface area contributed by atoms with E-state index >= 15 is 0 Å². The minimum absolute atomic E-state index is 0.0750. The monoisotopic (exact) mass is 390 g/mol. The number of hydrazone groups is 1. The lowest BCUT2D eigenvalue weighted by atomic mass is 10.2. The normalized spacial score (nSPS) is 11.0. The number of thiophene rings is 1. The van der Waals surface area contributed by atoms with Gasteiger partial charge in [-0.25, -0.2) is 5.43 Å². The zero-order valence-electron chi connectivity index (χ0n) is 11.7. The van der Waals surface area contributed by atoms with Crippen LogP contribution in [0.1, 0.15) is 16.1 Å². The maximum absolute atomic E-state index is 12.0. The van der Waals surface area contributed by atoms with E-state index in [1.807, 2.05) is 17.5 Å². The molecule has 23 heavy (non-hydrogen) atoms. The summed E-state index contributed by atoms with van der Waals surface area (Å²) in [4.78, 5) is 13.0. The van der Waals surface area contributed by atoms with Gasteiger partial charge in [0.25, 0.3) is 5.91 Å². The third kappa shape index (κ3) is 3.66. The molecule has 0 aliphatic carbocycles. The number of halogens is 1. The zero-order chi connectivity index (χ0) is 16.2. The van der Waals surface area contributed by atoms with E-state index in [1.54, 1.807) is 29.5 Å². The molecular formula is C15H11BrN4O2S. The molecule has 3 aromatic rings. The molecular weight excluding hydrogens is 380 g/mol. The number of phenols is 1. The van der Waals surface area contributed by atoms with Crippen LogP contribution in [0.5, 0.6) is 5.75 Å². The van der Waals surface area contributed by atoms with Crippen molar-refractivity contribution in [3.8, 4) is 16.3 Å². The molecule has 0 bridgehead atoms. The lowest BCUT2D eigenvalue weighted by Gasteiger charge is -1.99. The number of rotatable bonds is 4. The van der Waals surface area contributed by atoms with Gasteiger partial charge in [0.1, 0.15) is 5.75 Å². The second kappa shape index (κ2) is 6.76. The molecule has 3 N–H and O–H groups in total. The molecule has 0 saturated carbocycles. The molecule has 8 heteroatoms. The summed E-state index contributed by atoms with van der Waals surface area (Å²) in [6.07, 6.45) is 1.37. The van der Waals surface area contributed by atoms with Crippen LogP contribution < -0.4 is 5.43 Å². The van der Waals surface area contributed by atoms with Gasteiger partial charge in [0.2, 0.25) is 0 Å². The minimum Gasteiger partial charge on any atom is -0.507 e. The standard InChI is InChI=1S/C15H11BrN4O2S/c16-10-3-4-13(21)9(6-10)8-17-20-15(22)12-7-11(18-19-12)14-2-1-5-23-14/h1-8,21H,(H,18,19)(H,20,22)/b17-8-. The summed E-state index contributed by atoms with van der Waals surface area (Å²) in [6.45, 7) is 0. The summed E-state index contributed by atoms with van der Waals surface area (Å²) in [6, 6.07) is 10.5. The lowest BCUT2D eigenvalue weighted by Crippen LogP contribution is -2.18. The van der Waals surface area contributed by atoms with E-state index in [9.17, 15) is 9.90 Å². The number of carbonyl (C=O) groups is 1. The summed E-state index contributed by atoms with van der Waals surface area (Å²) in [5.41, 5.74) is 3.88. The van der Waals surface area contributed by atoms with Gasteiger partial charge in [-0.3, -0.25) is 9.89 Å². The van der Waals surface area contributed by atoms with Crippen LogP contribution >= 0.6 is 27.3 Å². The summed E-state index contributed by atoms with van der Waals surface area (Å²) in [7, 11) is 0. The molecule has 0 aliphatic heterocycles. The number of H-pyrrole nitrogens is 1. The second-order valence-corrected chi connectivity index (χ2v) is 6.41. The Bertz CT molecular complexity index is 858. The highest BCUT2D eigenvalue weighted by Gasteiger charge is 2.11.